The summed E-state index contributed by atoms with van der Waals surface area (Å²) in [6.45, 7) is 0. The number of aliphatic carboxylic acids is 1. The Bertz CT molecular complexity index is 160. The van der Waals surface area contributed by atoms with E-state index < -0.39 is 5.97 Å². The van der Waals surface area contributed by atoms with Crippen LogP contribution in [0.25, 0.3) is 0 Å². The average Bonchev–Trinajstić information content (AvgIpc) is 2.03. The number of allylic oxidation sites excluding steroid dienone is 1. The minimum atomic E-state index is -1.07. The van der Waals surface area contributed by atoms with E-state index in [0.717, 1.165) is 18.9 Å². The van der Waals surface area contributed by atoms with Gasteiger partial charge in [0.15, 0.2) is 0 Å². The van der Waals surface area contributed by atoms with Gasteiger partial charge in [0, 0.05) is 0 Å². The predicted molar refractivity (Wildman–Crippen MR) is 40.7 cm³/mol. The molecule has 0 amide bonds. The average molecular weight is 176 g/mol. The molecule has 0 bridgehead atoms. The summed E-state index contributed by atoms with van der Waals surface area (Å²) in [4.78, 5) is 10.0. The van der Waals surface area contributed by atoms with E-state index in [2.05, 4.69) is 0 Å². The Morgan fingerprint density at radius 1 is 1.25 bits per heavy atom. The Kier molecular flexibility index (Phi) is 6.81. The first-order valence-corrected chi connectivity index (χ1v) is 4.18. The fourth-order valence-electron chi connectivity index (χ4n) is 1.54. The van der Waals surface area contributed by atoms with Gasteiger partial charge in [-0.25, -0.2) is 0 Å². The zero-order chi connectivity index (χ0) is 8.10. The van der Waals surface area contributed by atoms with Gasteiger partial charge in [-0.2, -0.15) is 0 Å². The second-order valence-corrected chi connectivity index (χ2v) is 3.08. The van der Waals surface area contributed by atoms with E-state index in [4.69, 9.17) is 0 Å². The van der Waals surface area contributed by atoms with Gasteiger partial charge in [-0.1, -0.05) is 25.3 Å². The molecule has 0 N–H and O–H groups in total. The number of hydrogen-bond donors (Lipinski definition) is 0. The third-order valence-electron chi connectivity index (χ3n) is 2.15. The van der Waals surface area contributed by atoms with Crippen LogP contribution in [0.4, 0.5) is 0 Å². The minimum Gasteiger partial charge on any atom is -0.545 e. The molecule has 0 saturated heterocycles. The molecule has 1 aliphatic rings. The third kappa shape index (κ3) is 4.96. The van der Waals surface area contributed by atoms with Crippen molar-refractivity contribution in [1.82, 2.24) is 0 Å². The van der Waals surface area contributed by atoms with Crippen molar-refractivity contribution >= 4 is 5.97 Å². The number of rotatable bonds is 2. The molecule has 1 fully saturated rings. The summed E-state index contributed by atoms with van der Waals surface area (Å²) in [6, 6.07) is 0. The zero-order valence-electron chi connectivity index (χ0n) is 7.58. The molecule has 12 heavy (non-hydrogen) atoms. The maximum absolute atomic E-state index is 10.0. The van der Waals surface area contributed by atoms with Crippen LogP contribution in [0.15, 0.2) is 12.2 Å². The Morgan fingerprint density at radius 3 is 2.33 bits per heavy atom. The second kappa shape index (κ2) is 6.70. The molecule has 0 atom stereocenters. The first-order valence-electron chi connectivity index (χ1n) is 4.18. The van der Waals surface area contributed by atoms with Crippen LogP contribution in [0.5, 0.6) is 0 Å². The summed E-state index contributed by atoms with van der Waals surface area (Å²) < 4.78 is 0. The first kappa shape index (κ1) is 12.2. The van der Waals surface area contributed by atoms with Crippen molar-refractivity contribution < 1.29 is 39.5 Å². The van der Waals surface area contributed by atoms with Gasteiger partial charge in [-0.3, -0.25) is 0 Å². The van der Waals surface area contributed by atoms with E-state index in [9.17, 15) is 9.90 Å². The van der Waals surface area contributed by atoms with Crippen molar-refractivity contribution in [2.24, 2.45) is 5.92 Å². The summed E-state index contributed by atoms with van der Waals surface area (Å²) in [5.41, 5.74) is 0. The van der Waals surface area contributed by atoms with Gasteiger partial charge >= 0.3 is 29.6 Å². The molecule has 0 heterocycles. The van der Waals surface area contributed by atoms with Crippen LogP contribution >= 0.6 is 0 Å². The molecule has 0 unspecified atom stereocenters. The summed E-state index contributed by atoms with van der Waals surface area (Å²) in [5.74, 6) is -0.586. The molecule has 1 aliphatic carbocycles. The van der Waals surface area contributed by atoms with E-state index >= 15 is 0 Å². The molecule has 62 valence electrons. The van der Waals surface area contributed by atoms with Crippen molar-refractivity contribution in [3.05, 3.63) is 12.2 Å². The molecule has 0 spiro atoms. The van der Waals surface area contributed by atoms with E-state index in [0.29, 0.717) is 5.92 Å². The molecule has 0 aliphatic heterocycles. The molecule has 0 aromatic carbocycles. The van der Waals surface area contributed by atoms with Crippen LogP contribution in [-0.2, 0) is 4.79 Å². The van der Waals surface area contributed by atoms with Gasteiger partial charge in [0.05, 0.1) is 5.97 Å². The Morgan fingerprint density at radius 2 is 1.83 bits per heavy atom. The quantitative estimate of drug-likeness (QED) is 0.356. The Hall–Kier alpha value is 0.210. The molecular formula is C9H13NaO2. The monoisotopic (exact) mass is 176 g/mol. The van der Waals surface area contributed by atoms with E-state index in [1.54, 1.807) is 6.08 Å². The Labute approximate surface area is 95.3 Å². The van der Waals surface area contributed by atoms with Gasteiger partial charge in [0.25, 0.3) is 0 Å². The van der Waals surface area contributed by atoms with Crippen LogP contribution in [0.3, 0.4) is 0 Å². The topological polar surface area (TPSA) is 40.1 Å². The van der Waals surface area contributed by atoms with Crippen LogP contribution in [0.1, 0.15) is 32.1 Å². The summed E-state index contributed by atoms with van der Waals surface area (Å²) in [6.07, 6.45) is 9.00. The molecule has 1 rings (SSSR count). The molecular weight excluding hydrogens is 163 g/mol. The van der Waals surface area contributed by atoms with E-state index in [1.807, 2.05) is 0 Å². The fourth-order valence-corrected chi connectivity index (χ4v) is 1.54. The number of carboxylic acids is 1. The van der Waals surface area contributed by atoms with Crippen LogP contribution < -0.4 is 34.7 Å². The van der Waals surface area contributed by atoms with Crippen molar-refractivity contribution in [3.63, 3.8) is 0 Å². The van der Waals surface area contributed by atoms with Gasteiger partial charge in [-0.05, 0) is 24.8 Å². The van der Waals surface area contributed by atoms with Crippen LogP contribution in [0, 0.1) is 5.92 Å². The van der Waals surface area contributed by atoms with Gasteiger partial charge in [0.2, 0.25) is 0 Å². The summed E-state index contributed by atoms with van der Waals surface area (Å²) in [7, 11) is 0. The molecule has 0 aromatic heterocycles. The van der Waals surface area contributed by atoms with E-state index in [-0.39, 0.29) is 29.6 Å². The Balaban J connectivity index is 0.00000121. The summed E-state index contributed by atoms with van der Waals surface area (Å²) in [5, 5.41) is 10.0. The maximum atomic E-state index is 10.0. The van der Waals surface area contributed by atoms with Gasteiger partial charge < -0.3 is 9.90 Å². The zero-order valence-corrected chi connectivity index (χ0v) is 9.58. The normalized spacial score (nSPS) is 19.0. The van der Waals surface area contributed by atoms with Crippen LogP contribution in [0.2, 0.25) is 0 Å². The van der Waals surface area contributed by atoms with Crippen LogP contribution in [-0.4, -0.2) is 5.97 Å². The third-order valence-corrected chi connectivity index (χ3v) is 2.15. The van der Waals surface area contributed by atoms with Crippen molar-refractivity contribution in [2.75, 3.05) is 0 Å². The number of carbonyl (C=O) groups is 1. The van der Waals surface area contributed by atoms with Gasteiger partial charge in [0.1, 0.15) is 0 Å². The standard InChI is InChI=1S/C9H14O2.Na/c10-9(11)7-6-8-4-2-1-3-5-8;/h6-8H,1-5H2,(H,10,11);/q;+1/p-1/b7-6+;. The predicted octanol–water partition coefficient (Wildman–Crippen LogP) is -2.12. The van der Waals surface area contributed by atoms with Crippen molar-refractivity contribution in [2.45, 2.75) is 32.1 Å². The first-order chi connectivity index (χ1) is 5.29. The molecule has 3 heteroatoms. The van der Waals surface area contributed by atoms with Gasteiger partial charge in [-0.15, -0.1) is 0 Å². The second-order valence-electron chi connectivity index (χ2n) is 3.08. The van der Waals surface area contributed by atoms with E-state index in [1.165, 1.54) is 19.3 Å². The number of carbonyl (C=O) groups excluding carboxylic acids is 1. The minimum absolute atomic E-state index is 0. The number of carboxylic acid groups (broad SMARTS) is 1. The summed E-state index contributed by atoms with van der Waals surface area (Å²) >= 11 is 0. The van der Waals surface area contributed by atoms with Crippen molar-refractivity contribution in [1.29, 1.82) is 0 Å². The fraction of sp³-hybridized carbons (Fsp3) is 0.667. The van der Waals surface area contributed by atoms with Crippen molar-refractivity contribution in [3.8, 4) is 0 Å². The smallest absolute Gasteiger partial charge is 0.545 e. The molecule has 0 aromatic rings. The maximum Gasteiger partial charge on any atom is 1.00 e. The molecule has 0 radical (unpaired) electrons. The number of hydrogen-bond acceptors (Lipinski definition) is 2. The molecule has 1 saturated carbocycles. The SMILES string of the molecule is O=C([O-])/C=C/C1CCCCC1.[Na+]. The largest absolute Gasteiger partial charge is 1.00 e. The molecule has 2 nitrogen and oxygen atoms in total.